The molecular formula is C18H25N5O4S2. The third kappa shape index (κ3) is 5.69. The number of thioether (sulfide) groups is 1. The fourth-order valence-corrected chi connectivity index (χ4v) is 4.28. The van der Waals surface area contributed by atoms with Gasteiger partial charge < -0.3 is 19.0 Å². The maximum Gasteiger partial charge on any atom is 0.410 e. The molecule has 2 aromatic rings. The molecule has 0 saturated carbocycles. The molecule has 0 radical (unpaired) electrons. The summed E-state index contributed by atoms with van der Waals surface area (Å²) in [6.45, 7) is 11.2. The van der Waals surface area contributed by atoms with E-state index in [-0.39, 0.29) is 17.8 Å². The van der Waals surface area contributed by atoms with E-state index in [0.29, 0.717) is 37.3 Å². The first-order valence-electron chi connectivity index (χ1n) is 9.29. The lowest BCUT2D eigenvalue weighted by Gasteiger charge is -2.35. The van der Waals surface area contributed by atoms with Crippen LogP contribution in [-0.2, 0) is 9.53 Å². The summed E-state index contributed by atoms with van der Waals surface area (Å²) in [5.41, 5.74) is 0.326. The minimum absolute atomic E-state index is 0.0246. The van der Waals surface area contributed by atoms with Crippen LogP contribution in [0.25, 0.3) is 10.8 Å². The van der Waals surface area contributed by atoms with Crippen LogP contribution >= 0.6 is 23.1 Å². The zero-order valence-electron chi connectivity index (χ0n) is 17.2. The van der Waals surface area contributed by atoms with Crippen molar-refractivity contribution < 1.29 is 18.7 Å². The Labute approximate surface area is 177 Å². The monoisotopic (exact) mass is 439 g/mol. The second-order valence-corrected chi connectivity index (χ2v) is 9.79. The van der Waals surface area contributed by atoms with Gasteiger partial charge in [0.05, 0.1) is 16.5 Å². The first-order valence-corrected chi connectivity index (χ1v) is 11.1. The van der Waals surface area contributed by atoms with E-state index in [4.69, 9.17) is 9.15 Å². The third-order valence-corrected chi connectivity index (χ3v) is 5.97. The summed E-state index contributed by atoms with van der Waals surface area (Å²) in [5, 5.41) is 9.36. The van der Waals surface area contributed by atoms with Crippen molar-refractivity contribution in [1.29, 1.82) is 0 Å². The van der Waals surface area contributed by atoms with E-state index in [1.165, 1.54) is 23.1 Å². The highest BCUT2D eigenvalue weighted by atomic mass is 32.2. The first-order chi connectivity index (χ1) is 13.6. The molecule has 0 aromatic carbocycles. The highest BCUT2D eigenvalue weighted by Gasteiger charge is 2.28. The normalized spacial score (nSPS) is 14.9. The average Bonchev–Trinajstić information content (AvgIpc) is 3.24. The number of aryl methyl sites for hydroxylation is 2. The quantitative estimate of drug-likeness (QED) is 0.670. The number of piperazine rings is 1. The lowest BCUT2D eigenvalue weighted by atomic mass is 10.2. The number of amides is 2. The van der Waals surface area contributed by atoms with Crippen LogP contribution in [0.15, 0.2) is 9.64 Å². The molecule has 1 fully saturated rings. The summed E-state index contributed by atoms with van der Waals surface area (Å²) in [5.74, 6) is 0.604. The van der Waals surface area contributed by atoms with E-state index in [1.54, 1.807) is 9.80 Å². The SMILES string of the molecule is Cc1nc(C)c(-c2nnc(SCC(=O)N3CCN(C(=O)OC(C)(C)C)CC3)o2)s1. The largest absolute Gasteiger partial charge is 0.444 e. The zero-order chi connectivity index (χ0) is 21.2. The molecular weight excluding hydrogens is 414 g/mol. The number of rotatable bonds is 4. The van der Waals surface area contributed by atoms with E-state index >= 15 is 0 Å². The van der Waals surface area contributed by atoms with Gasteiger partial charge in [0.2, 0.25) is 5.91 Å². The Hall–Kier alpha value is -2.14. The number of hydrogen-bond acceptors (Lipinski definition) is 9. The van der Waals surface area contributed by atoms with Crippen LogP contribution in [0.3, 0.4) is 0 Å². The van der Waals surface area contributed by atoms with Gasteiger partial charge in [-0.25, -0.2) is 9.78 Å². The number of carbonyl (C=O) groups is 2. The fourth-order valence-electron chi connectivity index (χ4n) is 2.77. The van der Waals surface area contributed by atoms with Gasteiger partial charge in [-0.05, 0) is 34.6 Å². The van der Waals surface area contributed by atoms with Crippen molar-refractivity contribution in [2.45, 2.75) is 45.4 Å². The smallest absolute Gasteiger partial charge is 0.410 e. The second kappa shape index (κ2) is 8.70. The predicted molar refractivity (Wildman–Crippen MR) is 110 cm³/mol. The molecule has 1 saturated heterocycles. The highest BCUT2D eigenvalue weighted by Crippen LogP contribution is 2.30. The van der Waals surface area contributed by atoms with Gasteiger partial charge >= 0.3 is 6.09 Å². The molecule has 0 atom stereocenters. The summed E-state index contributed by atoms with van der Waals surface area (Å²) >= 11 is 2.71. The number of hydrogen-bond donors (Lipinski definition) is 0. The van der Waals surface area contributed by atoms with Crippen LogP contribution in [0.1, 0.15) is 31.5 Å². The highest BCUT2D eigenvalue weighted by molar-refractivity contribution is 7.99. The molecule has 3 heterocycles. The first kappa shape index (κ1) is 21.6. The van der Waals surface area contributed by atoms with Crippen LogP contribution in [0.2, 0.25) is 0 Å². The minimum atomic E-state index is -0.528. The molecule has 2 aromatic heterocycles. The van der Waals surface area contributed by atoms with E-state index in [0.717, 1.165) is 15.6 Å². The van der Waals surface area contributed by atoms with Crippen LogP contribution in [0, 0.1) is 13.8 Å². The fraction of sp³-hybridized carbons (Fsp3) is 0.611. The van der Waals surface area contributed by atoms with E-state index in [2.05, 4.69) is 15.2 Å². The lowest BCUT2D eigenvalue weighted by Crippen LogP contribution is -2.52. The van der Waals surface area contributed by atoms with Crippen molar-refractivity contribution in [2.24, 2.45) is 0 Å². The molecule has 1 aliphatic heterocycles. The molecule has 0 spiro atoms. The maximum atomic E-state index is 12.5. The van der Waals surface area contributed by atoms with Gasteiger partial charge in [0.15, 0.2) is 0 Å². The molecule has 29 heavy (non-hydrogen) atoms. The van der Waals surface area contributed by atoms with Crippen LogP contribution in [0.4, 0.5) is 4.79 Å². The van der Waals surface area contributed by atoms with Gasteiger partial charge in [-0.2, -0.15) is 0 Å². The molecule has 0 bridgehead atoms. The van der Waals surface area contributed by atoms with E-state index in [1.807, 2.05) is 34.6 Å². The Morgan fingerprint density at radius 2 is 1.79 bits per heavy atom. The van der Waals surface area contributed by atoms with Crippen molar-refractivity contribution in [3.8, 4) is 10.8 Å². The van der Waals surface area contributed by atoms with Crippen molar-refractivity contribution in [1.82, 2.24) is 25.0 Å². The number of thiazole rings is 1. The summed E-state index contributed by atoms with van der Waals surface area (Å²) in [6, 6.07) is 0. The molecule has 3 rings (SSSR count). The predicted octanol–water partition coefficient (Wildman–Crippen LogP) is 2.98. The second-order valence-electron chi connectivity index (χ2n) is 7.66. The molecule has 0 N–H and O–H groups in total. The van der Waals surface area contributed by atoms with Crippen LogP contribution < -0.4 is 0 Å². The number of nitrogens with zero attached hydrogens (tertiary/aromatic N) is 5. The van der Waals surface area contributed by atoms with Gasteiger partial charge in [0, 0.05) is 26.2 Å². The van der Waals surface area contributed by atoms with Crippen LogP contribution in [0.5, 0.6) is 0 Å². The third-order valence-electron chi connectivity index (χ3n) is 4.11. The van der Waals surface area contributed by atoms with Gasteiger partial charge in [0.1, 0.15) is 10.5 Å². The van der Waals surface area contributed by atoms with Gasteiger partial charge in [-0.15, -0.1) is 21.5 Å². The Morgan fingerprint density at radius 3 is 2.38 bits per heavy atom. The molecule has 1 aliphatic rings. The van der Waals surface area contributed by atoms with Crippen molar-refractivity contribution >= 4 is 35.1 Å². The average molecular weight is 440 g/mol. The summed E-state index contributed by atoms with van der Waals surface area (Å²) < 4.78 is 11.0. The Kier molecular flexibility index (Phi) is 6.47. The molecule has 0 aliphatic carbocycles. The summed E-state index contributed by atoms with van der Waals surface area (Å²) in [7, 11) is 0. The van der Waals surface area contributed by atoms with Crippen molar-refractivity contribution in [2.75, 3.05) is 31.9 Å². The van der Waals surface area contributed by atoms with E-state index < -0.39 is 5.60 Å². The van der Waals surface area contributed by atoms with Gasteiger partial charge in [-0.1, -0.05) is 11.8 Å². The number of ether oxygens (including phenoxy) is 1. The molecule has 9 nitrogen and oxygen atoms in total. The lowest BCUT2D eigenvalue weighted by molar-refractivity contribution is -0.130. The van der Waals surface area contributed by atoms with Crippen molar-refractivity contribution in [3.05, 3.63) is 10.7 Å². The molecule has 0 unspecified atom stereocenters. The Morgan fingerprint density at radius 1 is 1.14 bits per heavy atom. The molecule has 158 valence electrons. The number of aromatic nitrogens is 3. The van der Waals surface area contributed by atoms with Crippen molar-refractivity contribution in [3.63, 3.8) is 0 Å². The van der Waals surface area contributed by atoms with Gasteiger partial charge in [0.25, 0.3) is 11.1 Å². The topological polar surface area (TPSA) is 102 Å². The zero-order valence-corrected chi connectivity index (χ0v) is 18.9. The van der Waals surface area contributed by atoms with E-state index in [9.17, 15) is 9.59 Å². The number of carbonyl (C=O) groups excluding carboxylic acids is 2. The Bertz CT molecular complexity index is 881. The maximum absolute atomic E-state index is 12.5. The van der Waals surface area contributed by atoms with Gasteiger partial charge in [-0.3, -0.25) is 4.79 Å². The summed E-state index contributed by atoms with van der Waals surface area (Å²) in [4.78, 5) is 33.2. The minimum Gasteiger partial charge on any atom is -0.444 e. The van der Waals surface area contributed by atoms with Crippen LogP contribution in [-0.4, -0.2) is 74.5 Å². The molecule has 2 amide bonds. The standard InChI is InChI=1S/C18H25N5O4S2/c1-11-14(29-12(2)19-11)15-20-21-16(26-15)28-10-13(24)22-6-8-23(9-7-22)17(25)27-18(3,4)5/h6-10H2,1-5H3. The summed E-state index contributed by atoms with van der Waals surface area (Å²) in [6.07, 6.45) is -0.342. The molecule has 11 heteroatoms. The Balaban J connectivity index is 1.47.